The van der Waals surface area contributed by atoms with Crippen molar-refractivity contribution in [3.05, 3.63) is 28.2 Å². The Labute approximate surface area is 123 Å². The first kappa shape index (κ1) is 14.2. The smallest absolute Gasteiger partial charge is 0.406 e. The van der Waals surface area contributed by atoms with Crippen molar-refractivity contribution in [2.24, 2.45) is 0 Å². The Morgan fingerprint density at radius 1 is 1.30 bits per heavy atom. The van der Waals surface area contributed by atoms with E-state index in [1.807, 2.05) is 18.2 Å². The second-order valence-corrected chi connectivity index (χ2v) is 6.37. The van der Waals surface area contributed by atoms with Crippen LogP contribution in [-0.4, -0.2) is 18.3 Å². The number of nitrogens with one attached hydrogen (secondary N) is 1. The minimum Gasteiger partial charge on any atom is -0.493 e. The Bertz CT molecular complexity index is 514. The van der Waals surface area contributed by atoms with E-state index in [9.17, 15) is 13.2 Å². The third-order valence-electron chi connectivity index (χ3n) is 3.99. The highest BCUT2D eigenvalue weighted by atomic mass is 79.9. The molecule has 1 aromatic rings. The Morgan fingerprint density at radius 3 is 2.70 bits per heavy atom. The molecule has 2 nitrogen and oxygen atoms in total. The van der Waals surface area contributed by atoms with E-state index in [1.54, 1.807) is 0 Å². The molecule has 20 heavy (non-hydrogen) atoms. The van der Waals surface area contributed by atoms with E-state index in [1.165, 1.54) is 0 Å². The third-order valence-corrected chi connectivity index (χ3v) is 4.48. The molecular formula is C14H15BrF3NO. The molecule has 3 rings (SSSR count). The number of alkyl halides is 3. The van der Waals surface area contributed by atoms with Gasteiger partial charge in [-0.15, -0.1) is 0 Å². The monoisotopic (exact) mass is 349 g/mol. The van der Waals surface area contributed by atoms with Crippen molar-refractivity contribution in [1.82, 2.24) is 5.32 Å². The van der Waals surface area contributed by atoms with Gasteiger partial charge in [-0.3, -0.25) is 5.32 Å². The molecule has 0 spiro atoms. The van der Waals surface area contributed by atoms with Gasteiger partial charge < -0.3 is 4.74 Å². The molecule has 1 unspecified atom stereocenters. The van der Waals surface area contributed by atoms with Crippen LogP contribution < -0.4 is 10.1 Å². The van der Waals surface area contributed by atoms with Crippen LogP contribution in [0.1, 0.15) is 37.3 Å². The maximum atomic E-state index is 13.1. The molecule has 1 aliphatic carbocycles. The van der Waals surface area contributed by atoms with Gasteiger partial charge >= 0.3 is 6.18 Å². The van der Waals surface area contributed by atoms with E-state index in [4.69, 9.17) is 4.74 Å². The average Bonchev–Trinajstić information content (AvgIpc) is 3.15. The minimum atomic E-state index is -4.18. The molecule has 1 aromatic carbocycles. The summed E-state index contributed by atoms with van der Waals surface area (Å²) >= 11 is 3.36. The first-order chi connectivity index (χ1) is 9.41. The number of benzene rings is 1. The fraction of sp³-hybridized carbons (Fsp3) is 0.571. The fourth-order valence-electron chi connectivity index (χ4n) is 2.66. The SMILES string of the molecule is FC(F)(F)C1(NC2CCCOc3cc(Br)ccc32)CC1. The van der Waals surface area contributed by atoms with Crippen molar-refractivity contribution in [2.45, 2.75) is 43.4 Å². The van der Waals surface area contributed by atoms with Crippen LogP contribution in [0.25, 0.3) is 0 Å². The maximum absolute atomic E-state index is 13.1. The zero-order valence-electron chi connectivity index (χ0n) is 10.8. The molecule has 0 saturated heterocycles. The summed E-state index contributed by atoms with van der Waals surface area (Å²) in [5, 5.41) is 2.84. The zero-order valence-corrected chi connectivity index (χ0v) is 12.4. The van der Waals surface area contributed by atoms with Gasteiger partial charge in [0, 0.05) is 16.1 Å². The second-order valence-electron chi connectivity index (χ2n) is 5.45. The van der Waals surface area contributed by atoms with Crippen LogP contribution >= 0.6 is 15.9 Å². The molecule has 0 radical (unpaired) electrons. The number of hydrogen-bond acceptors (Lipinski definition) is 2. The van der Waals surface area contributed by atoms with Gasteiger partial charge in [0.25, 0.3) is 0 Å². The molecule has 2 aliphatic rings. The topological polar surface area (TPSA) is 21.3 Å². The normalized spacial score (nSPS) is 24.5. The van der Waals surface area contributed by atoms with Crippen molar-refractivity contribution in [1.29, 1.82) is 0 Å². The van der Waals surface area contributed by atoms with E-state index in [2.05, 4.69) is 21.2 Å². The summed E-state index contributed by atoms with van der Waals surface area (Å²) in [7, 11) is 0. The van der Waals surface area contributed by atoms with Crippen LogP contribution in [0.3, 0.4) is 0 Å². The lowest BCUT2D eigenvalue weighted by Crippen LogP contribution is -2.46. The lowest BCUT2D eigenvalue weighted by Gasteiger charge is -2.27. The van der Waals surface area contributed by atoms with Gasteiger partial charge in [-0.1, -0.05) is 22.0 Å². The largest absolute Gasteiger partial charge is 0.493 e. The minimum absolute atomic E-state index is 0.166. The molecular weight excluding hydrogens is 335 g/mol. The molecule has 1 saturated carbocycles. The molecule has 0 bridgehead atoms. The van der Waals surface area contributed by atoms with Gasteiger partial charge in [0.1, 0.15) is 11.3 Å². The lowest BCUT2D eigenvalue weighted by molar-refractivity contribution is -0.168. The highest BCUT2D eigenvalue weighted by Crippen LogP contribution is 2.51. The average molecular weight is 350 g/mol. The number of rotatable bonds is 2. The predicted octanol–water partition coefficient (Wildman–Crippen LogP) is 4.35. The van der Waals surface area contributed by atoms with Crippen LogP contribution in [0, 0.1) is 0 Å². The van der Waals surface area contributed by atoms with Crippen molar-refractivity contribution < 1.29 is 17.9 Å². The van der Waals surface area contributed by atoms with Gasteiger partial charge in [-0.25, -0.2) is 0 Å². The van der Waals surface area contributed by atoms with E-state index in [0.29, 0.717) is 18.8 Å². The summed E-state index contributed by atoms with van der Waals surface area (Å²) in [6.07, 6.45) is -2.44. The molecule has 1 fully saturated rings. The summed E-state index contributed by atoms with van der Waals surface area (Å²) in [5.74, 6) is 0.673. The van der Waals surface area contributed by atoms with E-state index >= 15 is 0 Å². The number of fused-ring (bicyclic) bond motifs is 1. The fourth-order valence-corrected chi connectivity index (χ4v) is 3.00. The van der Waals surface area contributed by atoms with Gasteiger partial charge in [0.15, 0.2) is 0 Å². The van der Waals surface area contributed by atoms with Crippen LogP contribution in [0.15, 0.2) is 22.7 Å². The standard InChI is InChI=1S/C14H15BrF3NO/c15-9-3-4-10-11(2-1-7-20-12(10)8-9)19-13(5-6-13)14(16,17)18/h3-4,8,11,19H,1-2,5-7H2. The molecule has 1 heterocycles. The molecule has 110 valence electrons. The first-order valence-corrected chi connectivity index (χ1v) is 7.47. The van der Waals surface area contributed by atoms with E-state index in [0.717, 1.165) is 16.5 Å². The Morgan fingerprint density at radius 2 is 2.05 bits per heavy atom. The highest BCUT2D eigenvalue weighted by Gasteiger charge is 2.63. The van der Waals surface area contributed by atoms with Crippen LogP contribution in [0.5, 0.6) is 5.75 Å². The van der Waals surface area contributed by atoms with Crippen LogP contribution in [-0.2, 0) is 0 Å². The highest BCUT2D eigenvalue weighted by molar-refractivity contribution is 9.10. The molecule has 1 aliphatic heterocycles. The van der Waals surface area contributed by atoms with Gasteiger partial charge in [-0.05, 0) is 37.8 Å². The quantitative estimate of drug-likeness (QED) is 0.857. The molecule has 6 heteroatoms. The number of halogens is 4. The summed E-state index contributed by atoms with van der Waals surface area (Å²) < 4.78 is 45.8. The van der Waals surface area contributed by atoms with Gasteiger partial charge in [0.05, 0.1) is 6.61 Å². The summed E-state index contributed by atoms with van der Waals surface area (Å²) in [6, 6.07) is 5.21. The second kappa shape index (κ2) is 4.91. The molecule has 1 atom stereocenters. The molecule has 0 aromatic heterocycles. The Kier molecular flexibility index (Phi) is 3.49. The Hall–Kier alpha value is -0.750. The zero-order chi connectivity index (χ0) is 14.4. The lowest BCUT2D eigenvalue weighted by atomic mass is 10.0. The predicted molar refractivity (Wildman–Crippen MR) is 72.8 cm³/mol. The van der Waals surface area contributed by atoms with Gasteiger partial charge in [-0.2, -0.15) is 13.2 Å². The first-order valence-electron chi connectivity index (χ1n) is 6.68. The Balaban J connectivity index is 1.88. The van der Waals surface area contributed by atoms with Crippen molar-refractivity contribution in [3.63, 3.8) is 0 Å². The van der Waals surface area contributed by atoms with Crippen molar-refractivity contribution in [3.8, 4) is 5.75 Å². The van der Waals surface area contributed by atoms with Gasteiger partial charge in [0.2, 0.25) is 0 Å². The van der Waals surface area contributed by atoms with Crippen molar-refractivity contribution in [2.75, 3.05) is 6.61 Å². The van der Waals surface area contributed by atoms with E-state index in [-0.39, 0.29) is 18.9 Å². The third kappa shape index (κ3) is 2.55. The summed E-state index contributed by atoms with van der Waals surface area (Å²) in [6.45, 7) is 0.542. The summed E-state index contributed by atoms with van der Waals surface area (Å²) in [4.78, 5) is 0. The van der Waals surface area contributed by atoms with Crippen molar-refractivity contribution >= 4 is 15.9 Å². The number of hydrogen-bond donors (Lipinski definition) is 1. The molecule has 0 amide bonds. The maximum Gasteiger partial charge on any atom is 0.406 e. The number of ether oxygens (including phenoxy) is 1. The van der Waals surface area contributed by atoms with E-state index < -0.39 is 11.7 Å². The summed E-state index contributed by atoms with van der Waals surface area (Å²) in [5.41, 5.74) is -0.868. The molecule has 1 N–H and O–H groups in total. The van der Waals surface area contributed by atoms with Crippen LogP contribution in [0.4, 0.5) is 13.2 Å². The van der Waals surface area contributed by atoms with Crippen LogP contribution in [0.2, 0.25) is 0 Å².